The van der Waals surface area contributed by atoms with Crippen molar-refractivity contribution in [2.75, 3.05) is 6.61 Å². The van der Waals surface area contributed by atoms with Crippen molar-refractivity contribution in [3.8, 4) is 0 Å². The van der Waals surface area contributed by atoms with E-state index < -0.39 is 53.9 Å². The van der Waals surface area contributed by atoms with Crippen molar-refractivity contribution in [3.63, 3.8) is 0 Å². The summed E-state index contributed by atoms with van der Waals surface area (Å²) in [6.07, 6.45) is -2.77. The third kappa shape index (κ3) is 4.23. The van der Waals surface area contributed by atoms with Gasteiger partial charge in [0.05, 0.1) is 12.7 Å². The average molecular weight is 446 g/mol. The number of ether oxygens (including phenoxy) is 2. The number of esters is 1. The van der Waals surface area contributed by atoms with Crippen molar-refractivity contribution in [2.24, 2.45) is 0 Å². The van der Waals surface area contributed by atoms with Gasteiger partial charge in [0, 0.05) is 6.07 Å². The Labute approximate surface area is 209 Å². The molecule has 0 aromatic carbocycles. The van der Waals surface area contributed by atoms with Crippen molar-refractivity contribution >= 4 is 17.1 Å². The summed E-state index contributed by atoms with van der Waals surface area (Å²) in [7, 11) is 0. The van der Waals surface area contributed by atoms with Crippen LogP contribution in [0.15, 0.2) is 33.1 Å². The number of nitrogens with one attached hydrogen (secondary N) is 3. The summed E-state index contributed by atoms with van der Waals surface area (Å²) < 4.78 is 11.8. The molecule has 154 valence electrons. The molecule has 15 heteroatoms. The van der Waals surface area contributed by atoms with Gasteiger partial charge in [-0.25, -0.2) is 19.6 Å². The van der Waals surface area contributed by atoms with Crippen molar-refractivity contribution in [1.82, 2.24) is 29.5 Å². The second kappa shape index (κ2) is 9.02. The first-order chi connectivity index (χ1) is 13.8. The van der Waals surface area contributed by atoms with Crippen LogP contribution in [0.25, 0.3) is 11.2 Å². The Morgan fingerprint density at radius 1 is 1.23 bits per heavy atom. The fraction of sp³-hybridized carbons (Fsp3) is 0.333. The number of imidazole rings is 1. The third-order valence-electron chi connectivity index (χ3n) is 4.34. The number of aromatic nitrogens is 6. The fourth-order valence-electron chi connectivity index (χ4n) is 2.96. The zero-order valence-electron chi connectivity index (χ0n) is 16.4. The molecule has 4 heterocycles. The zero-order chi connectivity index (χ0) is 20.7. The van der Waals surface area contributed by atoms with E-state index in [-0.39, 0.29) is 69.7 Å². The number of fused-ring (bicyclic) bond motifs is 1. The van der Waals surface area contributed by atoms with E-state index >= 15 is 0 Å². The van der Waals surface area contributed by atoms with Crippen LogP contribution in [-0.4, -0.2) is 70.6 Å². The number of aromatic amines is 3. The van der Waals surface area contributed by atoms with Crippen molar-refractivity contribution in [2.45, 2.75) is 24.5 Å². The number of H-pyrrole nitrogens is 3. The molecule has 4 rings (SSSR count). The van der Waals surface area contributed by atoms with Crippen molar-refractivity contribution in [1.29, 1.82) is 0 Å². The van der Waals surface area contributed by atoms with E-state index in [1.807, 2.05) is 4.98 Å². The minimum atomic E-state index is -1.44. The molecule has 0 amide bonds. The van der Waals surface area contributed by atoms with Crippen LogP contribution in [0.1, 0.15) is 18.1 Å². The zero-order valence-corrected chi connectivity index (χ0v) is 18.6. The molecule has 4 atom stereocenters. The topological polar surface area (TPSA) is 205 Å². The second-order valence-corrected chi connectivity index (χ2v) is 6.20. The Hall–Kier alpha value is -1.98. The fourth-order valence-corrected chi connectivity index (χ4v) is 2.96. The summed E-state index contributed by atoms with van der Waals surface area (Å²) in [5.41, 5.74) is -2.39. The number of aliphatic hydroxyl groups is 2. The number of carbonyl (C=O) groups is 1. The molecule has 1 aliphatic rings. The molecule has 0 radical (unpaired) electrons. The number of nitrogens with zero attached hydrogens (tertiary/aromatic N) is 3. The standard InChI is InChI=1S/C15H14N6O8.K.H/c22-7-1-5(19-15(27)20-7)14(26)28-2-6-9(23)10(24)13(29-6)21-4-18-8-11(21)16-3-17-12(8)25;;/h1,3-4,6,9-10,13,23-24H,2H2,(H,16,17,25)(H2,19,20,22,27);;/q;+1;-1/t6-,9-,10-,13-;;/m1../s1. The molecule has 3 aromatic rings. The SMILES string of the molecule is O=C(OC[C@H]1O[C@@H](n2cnc3c(=O)[nH]cnc32)[C@H](O)[C@@H]1O)c1cc(=O)[nH]c(=O)[nH]1.[H-].[K+]. The minimum absolute atomic E-state index is 0. The van der Waals surface area contributed by atoms with E-state index in [9.17, 15) is 29.4 Å². The van der Waals surface area contributed by atoms with Crippen LogP contribution < -0.4 is 68.2 Å². The molecule has 0 spiro atoms. The van der Waals surface area contributed by atoms with Crippen molar-refractivity contribution < 1.29 is 77.3 Å². The van der Waals surface area contributed by atoms with Gasteiger partial charge in [-0.15, -0.1) is 0 Å². The number of hydrogen-bond donors (Lipinski definition) is 5. The molecule has 5 N–H and O–H groups in total. The minimum Gasteiger partial charge on any atom is -1.00 e. The second-order valence-electron chi connectivity index (χ2n) is 6.20. The van der Waals surface area contributed by atoms with E-state index in [0.717, 1.165) is 12.4 Å². The first-order valence-corrected chi connectivity index (χ1v) is 8.27. The maximum atomic E-state index is 12.0. The molecule has 0 bridgehead atoms. The molecule has 0 saturated carbocycles. The molecular weight excluding hydrogens is 431 g/mol. The Balaban J connectivity index is 0.00000171. The Kier molecular flexibility index (Phi) is 6.83. The summed E-state index contributed by atoms with van der Waals surface area (Å²) in [5, 5.41) is 20.5. The number of hydrogen-bond acceptors (Lipinski definition) is 10. The van der Waals surface area contributed by atoms with Crippen LogP contribution in [0.5, 0.6) is 0 Å². The molecule has 1 saturated heterocycles. The first kappa shape index (κ1) is 22.7. The first-order valence-electron chi connectivity index (χ1n) is 8.27. The molecule has 0 unspecified atom stereocenters. The largest absolute Gasteiger partial charge is 1.00 e. The maximum absolute atomic E-state index is 12.0. The van der Waals surface area contributed by atoms with Crippen LogP contribution in [0.3, 0.4) is 0 Å². The molecule has 1 fully saturated rings. The normalized spacial score (nSPS) is 23.3. The van der Waals surface area contributed by atoms with Gasteiger partial charge in [0.15, 0.2) is 17.4 Å². The Morgan fingerprint density at radius 3 is 2.73 bits per heavy atom. The van der Waals surface area contributed by atoms with E-state index in [4.69, 9.17) is 9.47 Å². The van der Waals surface area contributed by atoms with E-state index in [2.05, 4.69) is 19.9 Å². The van der Waals surface area contributed by atoms with Gasteiger partial charge in [0.2, 0.25) is 0 Å². The summed E-state index contributed by atoms with van der Waals surface area (Å²) in [4.78, 5) is 60.5. The Morgan fingerprint density at radius 2 is 2.00 bits per heavy atom. The summed E-state index contributed by atoms with van der Waals surface area (Å²) >= 11 is 0. The van der Waals surface area contributed by atoms with Crippen LogP contribution >= 0.6 is 0 Å². The van der Waals surface area contributed by atoms with Gasteiger partial charge in [0.25, 0.3) is 11.1 Å². The van der Waals surface area contributed by atoms with Gasteiger partial charge in [0.1, 0.15) is 30.6 Å². The predicted molar refractivity (Wildman–Crippen MR) is 93.2 cm³/mol. The maximum Gasteiger partial charge on any atom is 1.00 e. The smallest absolute Gasteiger partial charge is 1.00 e. The molecule has 0 aliphatic carbocycles. The monoisotopic (exact) mass is 446 g/mol. The van der Waals surface area contributed by atoms with Gasteiger partial charge >= 0.3 is 63.0 Å². The molecular formula is C15H15KN6O8. The van der Waals surface area contributed by atoms with Crippen molar-refractivity contribution in [3.05, 3.63) is 55.6 Å². The van der Waals surface area contributed by atoms with Crippen LogP contribution in [0.2, 0.25) is 0 Å². The van der Waals surface area contributed by atoms with Crippen LogP contribution in [-0.2, 0) is 9.47 Å². The number of rotatable bonds is 4. The number of aliphatic hydroxyl groups excluding tert-OH is 2. The molecule has 14 nitrogen and oxygen atoms in total. The van der Waals surface area contributed by atoms with Crippen LogP contribution in [0.4, 0.5) is 0 Å². The van der Waals surface area contributed by atoms with Gasteiger partial charge in [-0.3, -0.25) is 19.1 Å². The van der Waals surface area contributed by atoms with E-state index in [1.165, 1.54) is 10.9 Å². The van der Waals surface area contributed by atoms with Gasteiger partial charge in [-0.05, 0) is 0 Å². The van der Waals surface area contributed by atoms with Gasteiger partial charge < -0.3 is 31.1 Å². The third-order valence-corrected chi connectivity index (χ3v) is 4.34. The van der Waals surface area contributed by atoms with Gasteiger partial charge in [-0.2, -0.15) is 0 Å². The van der Waals surface area contributed by atoms with E-state index in [1.54, 1.807) is 0 Å². The Bertz CT molecular complexity index is 1230. The molecule has 3 aromatic heterocycles. The average Bonchev–Trinajstić information content (AvgIpc) is 3.22. The summed E-state index contributed by atoms with van der Waals surface area (Å²) in [5.74, 6) is -1.02. The van der Waals surface area contributed by atoms with E-state index in [0.29, 0.717) is 0 Å². The molecule has 1 aliphatic heterocycles. The molecule has 30 heavy (non-hydrogen) atoms. The van der Waals surface area contributed by atoms with Gasteiger partial charge in [-0.1, -0.05) is 0 Å². The van der Waals surface area contributed by atoms with Crippen LogP contribution in [0, 0.1) is 0 Å². The number of carbonyl (C=O) groups excluding carboxylic acids is 1. The summed E-state index contributed by atoms with van der Waals surface area (Å²) in [6.45, 7) is -0.483. The quantitative estimate of drug-likeness (QED) is 0.189. The predicted octanol–water partition coefficient (Wildman–Crippen LogP) is -5.91. The summed E-state index contributed by atoms with van der Waals surface area (Å²) in [6, 6.07) is 0.841.